The molecule has 2 N–H and O–H groups in total. The molecule has 0 aliphatic carbocycles. The molecule has 1 aliphatic heterocycles. The summed E-state index contributed by atoms with van der Waals surface area (Å²) < 4.78 is 77.1. The van der Waals surface area contributed by atoms with Crippen molar-refractivity contribution in [2.24, 2.45) is 0 Å². The lowest BCUT2D eigenvalue weighted by Gasteiger charge is -2.18. The van der Waals surface area contributed by atoms with E-state index in [0.717, 1.165) is 7.11 Å². The number of anilines is 1. The Morgan fingerprint density at radius 3 is 2.41 bits per heavy atom. The van der Waals surface area contributed by atoms with Crippen LogP contribution in [-0.4, -0.2) is 48.7 Å². The maximum atomic E-state index is 14.3. The van der Waals surface area contributed by atoms with E-state index in [1.165, 1.54) is 17.0 Å². The standard InChI is InChI=1S/C22H19F5N2O5/c1-11-4-3-5-16(34-19-14(23)8-12(9-15(19)24)22(25,26)27)17(11)28-18-13(21(32)33-2)10-29(6-7-30)20(18)31/h3-5,8-9,28,30H,6-7,10H2,1-2H3. The monoisotopic (exact) mass is 486 g/mol. The van der Waals surface area contributed by atoms with Crippen molar-refractivity contribution >= 4 is 17.6 Å². The first kappa shape index (κ1) is 25.0. The lowest BCUT2D eigenvalue weighted by Crippen LogP contribution is -2.31. The lowest BCUT2D eigenvalue weighted by molar-refractivity contribution is -0.138. The second kappa shape index (κ2) is 9.67. The Kier molecular flexibility index (Phi) is 7.10. The molecule has 7 nitrogen and oxygen atoms in total. The molecule has 182 valence electrons. The summed E-state index contributed by atoms with van der Waals surface area (Å²) in [6.45, 7) is 0.985. The molecule has 1 heterocycles. The third-order valence-electron chi connectivity index (χ3n) is 4.98. The number of carbonyl (C=O) groups excluding carboxylic acids is 2. The number of β-amino-alcohol motifs (C(OH)–C–C–N with tert-alkyl or cyclic N) is 1. The fourth-order valence-corrected chi connectivity index (χ4v) is 3.29. The highest BCUT2D eigenvalue weighted by molar-refractivity contribution is 6.08. The summed E-state index contributed by atoms with van der Waals surface area (Å²) in [6.07, 6.45) is -4.96. The maximum Gasteiger partial charge on any atom is 0.416 e. The zero-order valence-electron chi connectivity index (χ0n) is 17.9. The highest BCUT2D eigenvalue weighted by atomic mass is 19.4. The maximum absolute atomic E-state index is 14.3. The molecule has 2 aromatic carbocycles. The minimum absolute atomic E-state index is 0.0387. The van der Waals surface area contributed by atoms with E-state index in [-0.39, 0.29) is 54.5 Å². The van der Waals surface area contributed by atoms with E-state index in [1.54, 1.807) is 13.0 Å². The van der Waals surface area contributed by atoms with Crippen molar-refractivity contribution in [2.75, 3.05) is 32.1 Å². The highest BCUT2D eigenvalue weighted by Crippen LogP contribution is 2.39. The van der Waals surface area contributed by atoms with Gasteiger partial charge in [0.25, 0.3) is 5.91 Å². The molecular formula is C22H19F5N2O5. The summed E-state index contributed by atoms with van der Waals surface area (Å²) in [5, 5.41) is 11.9. The molecule has 0 radical (unpaired) electrons. The number of alkyl halides is 3. The first-order chi connectivity index (χ1) is 16.0. The summed E-state index contributed by atoms with van der Waals surface area (Å²) >= 11 is 0. The number of hydrogen-bond donors (Lipinski definition) is 2. The van der Waals surface area contributed by atoms with Gasteiger partial charge in [-0.05, 0) is 30.7 Å². The van der Waals surface area contributed by atoms with Crippen molar-refractivity contribution in [1.29, 1.82) is 0 Å². The van der Waals surface area contributed by atoms with Gasteiger partial charge in [0.1, 0.15) is 5.70 Å². The number of rotatable bonds is 7. The molecule has 0 fully saturated rings. The summed E-state index contributed by atoms with van der Waals surface area (Å²) in [5.74, 6) is -5.92. The molecule has 0 saturated heterocycles. The van der Waals surface area contributed by atoms with E-state index in [9.17, 15) is 31.5 Å². The van der Waals surface area contributed by atoms with Crippen LogP contribution in [0, 0.1) is 18.6 Å². The summed E-state index contributed by atoms with van der Waals surface area (Å²) in [7, 11) is 1.12. The van der Waals surface area contributed by atoms with Crippen molar-refractivity contribution in [3.05, 3.63) is 64.4 Å². The quantitative estimate of drug-likeness (QED) is 0.458. The Balaban J connectivity index is 2.02. The molecular weight excluding hydrogens is 467 g/mol. The minimum Gasteiger partial charge on any atom is -0.466 e. The molecule has 0 aromatic heterocycles. The van der Waals surface area contributed by atoms with Crippen LogP contribution in [0.1, 0.15) is 11.1 Å². The van der Waals surface area contributed by atoms with Gasteiger partial charge in [-0.15, -0.1) is 0 Å². The third-order valence-corrected chi connectivity index (χ3v) is 4.98. The average molecular weight is 486 g/mol. The largest absolute Gasteiger partial charge is 0.466 e. The summed E-state index contributed by atoms with van der Waals surface area (Å²) in [6, 6.07) is 4.51. The van der Waals surface area contributed by atoms with Gasteiger partial charge in [-0.25, -0.2) is 13.6 Å². The van der Waals surface area contributed by atoms with Gasteiger partial charge >= 0.3 is 12.1 Å². The number of ether oxygens (including phenoxy) is 2. The van der Waals surface area contributed by atoms with Crippen LogP contribution in [0.5, 0.6) is 11.5 Å². The number of aryl methyl sites for hydroxylation is 1. The predicted octanol–water partition coefficient (Wildman–Crippen LogP) is 3.76. The number of amides is 1. The van der Waals surface area contributed by atoms with E-state index in [2.05, 4.69) is 5.32 Å². The van der Waals surface area contributed by atoms with Crippen LogP contribution in [0.3, 0.4) is 0 Å². The summed E-state index contributed by atoms with van der Waals surface area (Å²) in [4.78, 5) is 26.1. The number of para-hydroxylation sites is 1. The number of methoxy groups -OCH3 is 1. The number of nitrogens with one attached hydrogen (secondary N) is 1. The normalized spacial score (nSPS) is 14.0. The van der Waals surface area contributed by atoms with Gasteiger partial charge in [0.2, 0.25) is 0 Å². The van der Waals surface area contributed by atoms with Gasteiger partial charge in [0.15, 0.2) is 23.1 Å². The first-order valence-corrected chi connectivity index (χ1v) is 9.80. The fourth-order valence-electron chi connectivity index (χ4n) is 3.29. The number of aliphatic hydroxyl groups excluding tert-OH is 1. The van der Waals surface area contributed by atoms with E-state index >= 15 is 0 Å². The SMILES string of the molecule is COC(=O)C1=C(Nc2c(C)cccc2Oc2c(F)cc(C(F)(F)F)cc2F)C(=O)N(CCO)C1. The smallest absolute Gasteiger partial charge is 0.416 e. The lowest BCUT2D eigenvalue weighted by atomic mass is 10.1. The Bertz CT molecular complexity index is 1140. The number of halogens is 5. The van der Waals surface area contributed by atoms with E-state index in [1.807, 2.05) is 0 Å². The zero-order valence-corrected chi connectivity index (χ0v) is 17.9. The van der Waals surface area contributed by atoms with Gasteiger partial charge < -0.3 is 24.8 Å². The number of hydrogen-bond acceptors (Lipinski definition) is 6. The second-order valence-corrected chi connectivity index (χ2v) is 7.24. The van der Waals surface area contributed by atoms with Gasteiger partial charge in [-0.3, -0.25) is 4.79 Å². The molecule has 34 heavy (non-hydrogen) atoms. The van der Waals surface area contributed by atoms with Crippen LogP contribution in [0.25, 0.3) is 0 Å². The molecule has 0 spiro atoms. The Labute approximate surface area is 190 Å². The van der Waals surface area contributed by atoms with Crippen LogP contribution >= 0.6 is 0 Å². The highest BCUT2D eigenvalue weighted by Gasteiger charge is 2.36. The van der Waals surface area contributed by atoms with Crippen molar-refractivity contribution in [3.8, 4) is 11.5 Å². The van der Waals surface area contributed by atoms with Gasteiger partial charge in [0.05, 0.1) is 37.1 Å². The number of carbonyl (C=O) groups is 2. The Morgan fingerprint density at radius 2 is 1.85 bits per heavy atom. The molecule has 0 bridgehead atoms. The molecule has 1 amide bonds. The van der Waals surface area contributed by atoms with Crippen LogP contribution < -0.4 is 10.1 Å². The van der Waals surface area contributed by atoms with Crippen LogP contribution in [0.4, 0.5) is 27.6 Å². The van der Waals surface area contributed by atoms with E-state index < -0.39 is 41.0 Å². The first-order valence-electron chi connectivity index (χ1n) is 9.80. The van der Waals surface area contributed by atoms with Gasteiger partial charge in [-0.1, -0.05) is 12.1 Å². The molecule has 12 heteroatoms. The number of aliphatic hydroxyl groups is 1. The zero-order chi connectivity index (χ0) is 25.2. The van der Waals surface area contributed by atoms with Crippen molar-refractivity contribution < 1.29 is 46.1 Å². The number of nitrogens with zero attached hydrogens (tertiary/aromatic N) is 1. The fraction of sp³-hybridized carbons (Fsp3) is 0.273. The minimum atomic E-state index is -4.96. The van der Waals surface area contributed by atoms with Crippen LogP contribution in [-0.2, 0) is 20.5 Å². The van der Waals surface area contributed by atoms with Crippen LogP contribution in [0.2, 0.25) is 0 Å². The molecule has 0 atom stereocenters. The Morgan fingerprint density at radius 1 is 1.21 bits per heavy atom. The van der Waals surface area contributed by atoms with Crippen molar-refractivity contribution in [3.63, 3.8) is 0 Å². The van der Waals surface area contributed by atoms with Crippen molar-refractivity contribution in [2.45, 2.75) is 13.1 Å². The molecule has 0 saturated carbocycles. The second-order valence-electron chi connectivity index (χ2n) is 7.24. The molecule has 1 aliphatic rings. The molecule has 2 aromatic rings. The van der Waals surface area contributed by atoms with Gasteiger partial charge in [0, 0.05) is 6.54 Å². The van der Waals surface area contributed by atoms with E-state index in [0.29, 0.717) is 5.56 Å². The number of benzene rings is 2. The molecule has 0 unspecified atom stereocenters. The topological polar surface area (TPSA) is 88.1 Å². The molecule has 3 rings (SSSR count). The predicted molar refractivity (Wildman–Crippen MR) is 109 cm³/mol. The van der Waals surface area contributed by atoms with Gasteiger partial charge in [-0.2, -0.15) is 13.2 Å². The number of esters is 1. The average Bonchev–Trinajstić information content (AvgIpc) is 3.07. The summed E-state index contributed by atoms with van der Waals surface area (Å²) in [5.41, 5.74) is -1.31. The Hall–Kier alpha value is -3.67. The van der Waals surface area contributed by atoms with Crippen molar-refractivity contribution in [1.82, 2.24) is 4.90 Å². The van der Waals surface area contributed by atoms with E-state index in [4.69, 9.17) is 14.6 Å². The third kappa shape index (κ3) is 4.96. The van der Waals surface area contributed by atoms with Crippen LogP contribution in [0.15, 0.2) is 41.6 Å².